The summed E-state index contributed by atoms with van der Waals surface area (Å²) < 4.78 is 84.8. The van der Waals surface area contributed by atoms with E-state index in [0.29, 0.717) is 6.42 Å². The van der Waals surface area contributed by atoms with E-state index in [1.165, 1.54) is 18.6 Å². The number of alkyl halides is 3. The van der Waals surface area contributed by atoms with Crippen LogP contribution in [0.3, 0.4) is 0 Å². The Morgan fingerprint density at radius 3 is 2.33 bits per heavy atom. The van der Waals surface area contributed by atoms with Crippen LogP contribution in [0.1, 0.15) is 40.0 Å². The monoisotopic (exact) mass is 436 g/mol. The summed E-state index contributed by atoms with van der Waals surface area (Å²) in [6.45, 7) is 3.12. The summed E-state index contributed by atoms with van der Waals surface area (Å²) in [5.74, 6) is -1.43. The van der Waals surface area contributed by atoms with Crippen LogP contribution >= 0.6 is 0 Å². The third-order valence-electron chi connectivity index (χ3n) is 3.88. The molecule has 0 bridgehead atoms. The zero-order valence-corrected chi connectivity index (χ0v) is 16.7. The van der Waals surface area contributed by atoms with Gasteiger partial charge in [-0.25, -0.2) is 17.3 Å². The quantitative estimate of drug-likeness (QED) is 0.287. The Labute approximate surface area is 158 Å². The van der Waals surface area contributed by atoms with Gasteiger partial charge in [0.1, 0.15) is 6.61 Å². The van der Waals surface area contributed by atoms with E-state index < -0.39 is 62.3 Å². The van der Waals surface area contributed by atoms with Crippen molar-refractivity contribution >= 4 is 27.1 Å². The number of carbonyl (C=O) groups excluding carboxylic acids is 1. The van der Waals surface area contributed by atoms with Crippen molar-refractivity contribution in [2.45, 2.75) is 50.8 Å². The van der Waals surface area contributed by atoms with E-state index in [1.807, 2.05) is 6.07 Å². The third kappa shape index (κ3) is 8.12. The van der Waals surface area contributed by atoms with Crippen molar-refractivity contribution in [3.05, 3.63) is 0 Å². The smallest absolute Gasteiger partial charge is 0.464 e. The predicted octanol–water partition coefficient (Wildman–Crippen LogP) is 1.92. The molecule has 0 saturated heterocycles. The van der Waals surface area contributed by atoms with Gasteiger partial charge in [-0.1, -0.05) is 6.92 Å². The highest BCUT2D eigenvalue weighted by Gasteiger charge is 2.45. The molecular weight excluding hydrogens is 413 g/mol. The molecule has 27 heavy (non-hydrogen) atoms. The number of sulfonamides is 1. The summed E-state index contributed by atoms with van der Waals surface area (Å²) in [6.07, 6.45) is 0.345. The van der Waals surface area contributed by atoms with Gasteiger partial charge in [-0.3, -0.25) is 4.79 Å². The summed E-state index contributed by atoms with van der Waals surface area (Å²) in [5.41, 5.74) is -6.82. The number of hydrogen-bond acceptors (Lipinski definition) is 6. The van der Waals surface area contributed by atoms with E-state index in [0.717, 1.165) is 0 Å². The normalized spacial score (nSPS) is 18.0. The van der Waals surface area contributed by atoms with Crippen molar-refractivity contribution in [3.8, 4) is 6.07 Å². The van der Waals surface area contributed by atoms with Crippen molar-refractivity contribution in [1.82, 2.24) is 4.72 Å². The summed E-state index contributed by atoms with van der Waals surface area (Å²) in [4.78, 5) is 12.4. The fourth-order valence-corrected chi connectivity index (χ4v) is 3.38. The molecule has 0 aromatic heterocycles. The molecule has 4 unspecified atom stereocenters. The first-order valence-electron chi connectivity index (χ1n) is 7.92. The highest BCUT2D eigenvalue weighted by molar-refractivity contribution is 7.90. The number of rotatable bonds is 11. The first-order chi connectivity index (χ1) is 12.2. The fraction of sp³-hybridized carbons (Fsp3) is 0.857. The SMILES string of the molecule is CCC(C#N)CC(C)(CC(C)S(=O)O)C(=O)OCCNS(=O)(=O)C(F)(F)F. The first-order valence-corrected chi connectivity index (χ1v) is 10.6. The predicted molar refractivity (Wildman–Crippen MR) is 90.9 cm³/mol. The number of nitriles is 1. The largest absolute Gasteiger partial charge is 0.511 e. The van der Waals surface area contributed by atoms with Crippen LogP contribution < -0.4 is 4.72 Å². The van der Waals surface area contributed by atoms with Crippen LogP contribution in [-0.4, -0.2) is 47.1 Å². The maximum atomic E-state index is 12.4. The Hall–Kier alpha value is -1.23. The zero-order valence-electron chi connectivity index (χ0n) is 15.1. The molecule has 0 aromatic rings. The maximum absolute atomic E-state index is 12.4. The fourth-order valence-electron chi connectivity index (χ4n) is 2.36. The average Bonchev–Trinajstić information content (AvgIpc) is 2.55. The zero-order chi connectivity index (χ0) is 21.5. The van der Waals surface area contributed by atoms with Crippen molar-refractivity contribution < 1.29 is 39.9 Å². The molecule has 0 radical (unpaired) electrons. The van der Waals surface area contributed by atoms with Gasteiger partial charge < -0.3 is 9.29 Å². The van der Waals surface area contributed by atoms with Crippen LogP contribution in [0.25, 0.3) is 0 Å². The topological polar surface area (TPSA) is 134 Å². The highest BCUT2D eigenvalue weighted by atomic mass is 32.2. The lowest BCUT2D eigenvalue weighted by molar-refractivity contribution is -0.156. The van der Waals surface area contributed by atoms with Crippen molar-refractivity contribution in [2.24, 2.45) is 11.3 Å². The Balaban J connectivity index is 5.05. The molecule has 8 nitrogen and oxygen atoms in total. The minimum atomic E-state index is -5.55. The molecule has 0 heterocycles. The molecular formula is C14H23F3N2O6S2. The van der Waals surface area contributed by atoms with E-state index in [1.54, 1.807) is 6.92 Å². The van der Waals surface area contributed by atoms with Gasteiger partial charge in [-0.05, 0) is 33.1 Å². The summed E-state index contributed by atoms with van der Waals surface area (Å²) in [6, 6.07) is 2.01. The first kappa shape index (κ1) is 25.8. The lowest BCUT2D eigenvalue weighted by atomic mass is 9.77. The number of hydrogen-bond donors (Lipinski definition) is 2. The molecule has 158 valence electrons. The number of halogens is 3. The van der Waals surface area contributed by atoms with E-state index in [-0.39, 0.29) is 12.8 Å². The molecule has 0 aliphatic heterocycles. The average molecular weight is 436 g/mol. The Morgan fingerprint density at radius 1 is 1.37 bits per heavy atom. The number of carbonyl (C=O) groups is 1. The highest BCUT2D eigenvalue weighted by Crippen LogP contribution is 2.35. The standard InChI is InChI=1S/C14H23F3N2O6S2/c1-4-11(9-18)8-13(3,7-10(2)26(21)22)12(20)25-6-5-19-27(23,24)14(15,16)17/h10-11,19H,4-8H2,1-3H3,(H,21,22). The van der Waals surface area contributed by atoms with E-state index in [9.17, 15) is 30.6 Å². The second-order valence-corrected chi connectivity index (χ2v) is 9.38. The lowest BCUT2D eigenvalue weighted by Gasteiger charge is -2.30. The Morgan fingerprint density at radius 2 is 1.93 bits per heavy atom. The molecule has 0 saturated carbocycles. The third-order valence-corrected chi connectivity index (χ3v) is 5.93. The van der Waals surface area contributed by atoms with E-state index >= 15 is 0 Å². The van der Waals surface area contributed by atoms with Crippen LogP contribution in [0.4, 0.5) is 13.2 Å². The van der Waals surface area contributed by atoms with Gasteiger partial charge in [0.2, 0.25) is 0 Å². The van der Waals surface area contributed by atoms with Gasteiger partial charge >= 0.3 is 21.5 Å². The second kappa shape index (κ2) is 10.4. The van der Waals surface area contributed by atoms with Gasteiger partial charge in [0.25, 0.3) is 0 Å². The van der Waals surface area contributed by atoms with Crippen LogP contribution in [0.15, 0.2) is 0 Å². The number of esters is 1. The number of ether oxygens (including phenoxy) is 1. The summed E-state index contributed by atoms with van der Waals surface area (Å²) in [7, 11) is -5.55. The Kier molecular flexibility index (Phi) is 9.88. The Bertz CT molecular complexity index is 677. The van der Waals surface area contributed by atoms with Gasteiger partial charge in [0.05, 0.1) is 16.7 Å². The van der Waals surface area contributed by atoms with Crippen molar-refractivity contribution in [1.29, 1.82) is 5.26 Å². The minimum absolute atomic E-state index is 0.0225. The lowest BCUT2D eigenvalue weighted by Crippen LogP contribution is -2.40. The van der Waals surface area contributed by atoms with Crippen molar-refractivity contribution in [2.75, 3.05) is 13.2 Å². The van der Waals surface area contributed by atoms with E-state index in [2.05, 4.69) is 0 Å². The molecule has 0 aromatic carbocycles. The number of nitrogens with zero attached hydrogens (tertiary/aromatic N) is 1. The summed E-state index contributed by atoms with van der Waals surface area (Å²) >= 11 is -2.23. The van der Waals surface area contributed by atoms with Gasteiger partial charge in [0, 0.05) is 12.5 Å². The molecule has 0 fully saturated rings. The van der Waals surface area contributed by atoms with Crippen LogP contribution in [0, 0.1) is 22.7 Å². The molecule has 0 amide bonds. The molecule has 4 atom stereocenters. The van der Waals surface area contributed by atoms with Gasteiger partial charge in [-0.2, -0.15) is 18.4 Å². The number of nitrogens with one attached hydrogen (secondary N) is 1. The van der Waals surface area contributed by atoms with Crippen LogP contribution in [-0.2, 0) is 30.6 Å². The minimum Gasteiger partial charge on any atom is -0.464 e. The van der Waals surface area contributed by atoms with Crippen LogP contribution in [0.5, 0.6) is 0 Å². The molecule has 0 aliphatic rings. The molecule has 13 heteroatoms. The molecule has 0 spiro atoms. The second-order valence-electron chi connectivity index (χ2n) is 6.27. The maximum Gasteiger partial charge on any atom is 0.511 e. The van der Waals surface area contributed by atoms with Gasteiger partial charge in [-0.15, -0.1) is 0 Å². The van der Waals surface area contributed by atoms with Crippen molar-refractivity contribution in [3.63, 3.8) is 0 Å². The molecule has 2 N–H and O–H groups in total. The summed E-state index contributed by atoms with van der Waals surface area (Å²) in [5, 5.41) is 8.28. The molecule has 0 aliphatic carbocycles. The van der Waals surface area contributed by atoms with Crippen LogP contribution in [0.2, 0.25) is 0 Å². The van der Waals surface area contributed by atoms with Gasteiger partial charge in [0.15, 0.2) is 11.1 Å². The molecule has 0 rings (SSSR count). The van der Waals surface area contributed by atoms with E-state index in [4.69, 9.17) is 14.6 Å².